The molecular formula is C50H96NO7P. The van der Waals surface area contributed by atoms with E-state index in [1.165, 1.54) is 167 Å². The third kappa shape index (κ3) is 47.5. The van der Waals surface area contributed by atoms with Crippen LogP contribution in [-0.2, 0) is 27.9 Å². The van der Waals surface area contributed by atoms with E-state index in [0.717, 1.165) is 38.5 Å². The van der Waals surface area contributed by atoms with Crippen LogP contribution in [-0.4, -0.2) is 64.1 Å². The summed E-state index contributed by atoms with van der Waals surface area (Å²) in [4.78, 5) is 25.1. The third-order valence-electron chi connectivity index (χ3n) is 10.8. The minimum atomic E-state index is -4.54. The molecule has 0 aliphatic carbocycles. The lowest BCUT2D eigenvalue weighted by Crippen LogP contribution is -2.37. The lowest BCUT2D eigenvalue weighted by molar-refractivity contribution is -0.870. The molecule has 0 saturated carbocycles. The summed E-state index contributed by atoms with van der Waals surface area (Å²) >= 11 is 0. The van der Waals surface area contributed by atoms with Gasteiger partial charge in [-0.15, -0.1) is 0 Å². The van der Waals surface area contributed by atoms with E-state index in [4.69, 9.17) is 18.5 Å². The van der Waals surface area contributed by atoms with Crippen LogP contribution >= 0.6 is 7.82 Å². The Kier molecular flexibility index (Phi) is 42.2. The van der Waals surface area contributed by atoms with Gasteiger partial charge in [-0.25, -0.2) is 0 Å². The quantitative estimate of drug-likeness (QED) is 0.0150. The summed E-state index contributed by atoms with van der Waals surface area (Å²) in [6, 6.07) is 0. The molecule has 0 heterocycles. The minimum Gasteiger partial charge on any atom is -0.756 e. The van der Waals surface area contributed by atoms with Gasteiger partial charge >= 0.3 is 5.97 Å². The minimum absolute atomic E-state index is 0.0164. The third-order valence-corrected chi connectivity index (χ3v) is 11.7. The number of phosphoric ester groups is 1. The first-order chi connectivity index (χ1) is 28.6. The van der Waals surface area contributed by atoms with Crippen molar-refractivity contribution in [2.24, 2.45) is 0 Å². The molecule has 0 aliphatic heterocycles. The molecule has 0 aromatic heterocycles. The van der Waals surface area contributed by atoms with Crippen LogP contribution in [0.4, 0.5) is 0 Å². The Bertz CT molecular complexity index is 1040. The van der Waals surface area contributed by atoms with Gasteiger partial charge in [0, 0.05) is 6.42 Å². The van der Waals surface area contributed by atoms with Gasteiger partial charge in [0.25, 0.3) is 7.82 Å². The van der Waals surface area contributed by atoms with Crippen LogP contribution in [0.3, 0.4) is 0 Å². The van der Waals surface area contributed by atoms with Gasteiger partial charge < -0.3 is 27.9 Å². The number of allylic oxidation sites excluding steroid dienone is 5. The van der Waals surface area contributed by atoms with Gasteiger partial charge in [-0.1, -0.05) is 192 Å². The molecule has 0 fully saturated rings. The maximum atomic E-state index is 12.7. The van der Waals surface area contributed by atoms with E-state index >= 15 is 0 Å². The number of carbonyl (C=O) groups excluding carboxylic acids is 1. The largest absolute Gasteiger partial charge is 0.756 e. The number of likely N-dealkylation sites (N-methyl/N-ethyl adjacent to an activating group) is 1. The number of rotatable bonds is 46. The summed E-state index contributed by atoms with van der Waals surface area (Å²) in [7, 11) is 1.33. The molecule has 0 N–H and O–H groups in total. The molecule has 2 atom stereocenters. The standard InChI is InChI=1S/C50H96NO7P/c1-6-8-10-12-14-16-18-20-22-24-26-27-29-31-33-35-37-39-41-43-50(52)58-49(48-57-59(53,54)56-46-44-51(3,4)5)47-55-45-42-40-38-36-34-32-30-28-25-23-21-19-17-15-13-11-9-7-2/h14,16,20,22,42,45,49H,6-13,15,17-19,21,23-41,43-44,46-48H2,1-5H3/b16-14+,22-20+,45-42+/t49-/m1/s1. The van der Waals surface area contributed by atoms with Crippen molar-refractivity contribution in [2.45, 2.75) is 232 Å². The Morgan fingerprint density at radius 3 is 1.42 bits per heavy atom. The highest BCUT2D eigenvalue weighted by molar-refractivity contribution is 7.45. The van der Waals surface area contributed by atoms with Gasteiger partial charge in [0.05, 0.1) is 34.0 Å². The van der Waals surface area contributed by atoms with Crippen molar-refractivity contribution < 1.29 is 37.3 Å². The summed E-state index contributed by atoms with van der Waals surface area (Å²) in [6.07, 6.45) is 52.5. The number of quaternary nitrogens is 1. The Morgan fingerprint density at radius 2 is 0.949 bits per heavy atom. The van der Waals surface area contributed by atoms with Crippen LogP contribution in [0.1, 0.15) is 226 Å². The maximum absolute atomic E-state index is 12.7. The smallest absolute Gasteiger partial charge is 0.306 e. The summed E-state index contributed by atoms with van der Waals surface area (Å²) in [6.45, 7) is 4.74. The Labute approximate surface area is 365 Å². The lowest BCUT2D eigenvalue weighted by Gasteiger charge is -2.28. The fourth-order valence-corrected chi connectivity index (χ4v) is 7.62. The second-order valence-electron chi connectivity index (χ2n) is 17.9. The van der Waals surface area contributed by atoms with Crippen molar-refractivity contribution in [1.82, 2.24) is 0 Å². The second-order valence-corrected chi connectivity index (χ2v) is 19.3. The van der Waals surface area contributed by atoms with Crippen LogP contribution in [0.2, 0.25) is 0 Å². The predicted molar refractivity (Wildman–Crippen MR) is 249 cm³/mol. The van der Waals surface area contributed by atoms with E-state index in [1.807, 2.05) is 27.2 Å². The average molecular weight is 854 g/mol. The van der Waals surface area contributed by atoms with E-state index in [-0.39, 0.29) is 25.8 Å². The van der Waals surface area contributed by atoms with Crippen LogP contribution in [0.25, 0.3) is 0 Å². The maximum Gasteiger partial charge on any atom is 0.306 e. The fraction of sp³-hybridized carbons (Fsp3) is 0.860. The lowest BCUT2D eigenvalue weighted by atomic mass is 10.0. The zero-order valence-electron chi connectivity index (χ0n) is 39.5. The first-order valence-electron chi connectivity index (χ1n) is 24.8. The highest BCUT2D eigenvalue weighted by atomic mass is 31.2. The van der Waals surface area contributed by atoms with E-state index in [2.05, 4.69) is 38.2 Å². The molecular weight excluding hydrogens is 758 g/mol. The molecule has 8 nitrogen and oxygen atoms in total. The summed E-state index contributed by atoms with van der Waals surface area (Å²) in [5.41, 5.74) is 0. The first-order valence-corrected chi connectivity index (χ1v) is 26.2. The Balaban J connectivity index is 4.20. The second kappa shape index (κ2) is 43.2. The SMILES string of the molecule is CCCCC/C=C/C/C=C/CCCCCCCCCCCC(=O)O[C@H](CO/C=C/CCCCCCCCCCCCCCCCCC)COP(=O)([O-])OCC[N+](C)(C)C. The van der Waals surface area contributed by atoms with E-state index in [1.54, 1.807) is 6.26 Å². The number of nitrogens with zero attached hydrogens (tertiary/aromatic N) is 1. The van der Waals surface area contributed by atoms with Crippen LogP contribution in [0.5, 0.6) is 0 Å². The number of unbranched alkanes of at least 4 members (excludes halogenated alkanes) is 28. The topological polar surface area (TPSA) is 94.1 Å². The number of esters is 1. The highest BCUT2D eigenvalue weighted by Crippen LogP contribution is 2.38. The molecule has 59 heavy (non-hydrogen) atoms. The fourth-order valence-electron chi connectivity index (χ4n) is 6.90. The van der Waals surface area contributed by atoms with Crippen molar-refractivity contribution in [3.8, 4) is 0 Å². The molecule has 9 heteroatoms. The zero-order valence-corrected chi connectivity index (χ0v) is 40.4. The molecule has 0 amide bonds. The van der Waals surface area contributed by atoms with E-state index < -0.39 is 13.9 Å². The summed E-state index contributed by atoms with van der Waals surface area (Å²) < 4.78 is 34.5. The van der Waals surface area contributed by atoms with Crippen molar-refractivity contribution in [2.75, 3.05) is 47.5 Å². The molecule has 0 aromatic rings. The van der Waals surface area contributed by atoms with Crippen LogP contribution in [0, 0.1) is 0 Å². The molecule has 0 radical (unpaired) electrons. The molecule has 348 valence electrons. The Morgan fingerprint density at radius 1 is 0.542 bits per heavy atom. The van der Waals surface area contributed by atoms with Crippen LogP contribution in [0.15, 0.2) is 36.6 Å². The molecule has 0 saturated heterocycles. The molecule has 0 aliphatic rings. The van der Waals surface area contributed by atoms with Crippen molar-refractivity contribution in [1.29, 1.82) is 0 Å². The predicted octanol–water partition coefficient (Wildman–Crippen LogP) is 14.7. The normalized spacial score (nSPS) is 13.9. The number of hydrogen-bond donors (Lipinski definition) is 0. The summed E-state index contributed by atoms with van der Waals surface area (Å²) in [5.74, 6) is -0.358. The Hall–Kier alpha value is -1.44. The molecule has 0 spiro atoms. The van der Waals surface area contributed by atoms with Crippen molar-refractivity contribution in [3.63, 3.8) is 0 Å². The molecule has 0 bridgehead atoms. The van der Waals surface area contributed by atoms with Crippen molar-refractivity contribution >= 4 is 13.8 Å². The van der Waals surface area contributed by atoms with Crippen molar-refractivity contribution in [3.05, 3.63) is 36.6 Å². The number of carbonyl (C=O) groups is 1. The first kappa shape index (κ1) is 57.6. The van der Waals surface area contributed by atoms with E-state index in [9.17, 15) is 14.3 Å². The number of phosphoric acid groups is 1. The van der Waals surface area contributed by atoms with Gasteiger partial charge in [0.1, 0.15) is 19.8 Å². The van der Waals surface area contributed by atoms with Crippen LogP contribution < -0.4 is 4.89 Å². The molecule has 1 unspecified atom stereocenters. The van der Waals surface area contributed by atoms with E-state index in [0.29, 0.717) is 17.4 Å². The van der Waals surface area contributed by atoms with Gasteiger partial charge in [-0.3, -0.25) is 9.36 Å². The highest BCUT2D eigenvalue weighted by Gasteiger charge is 2.20. The van der Waals surface area contributed by atoms with Gasteiger partial charge in [0.2, 0.25) is 0 Å². The molecule has 0 aromatic carbocycles. The monoisotopic (exact) mass is 854 g/mol. The average Bonchev–Trinajstić information content (AvgIpc) is 3.19. The number of ether oxygens (including phenoxy) is 2. The van der Waals surface area contributed by atoms with Gasteiger partial charge in [-0.05, 0) is 57.4 Å². The molecule has 0 rings (SSSR count). The van der Waals surface area contributed by atoms with Gasteiger partial charge in [0.15, 0.2) is 6.10 Å². The zero-order chi connectivity index (χ0) is 43.4. The number of hydrogen-bond acceptors (Lipinski definition) is 7. The van der Waals surface area contributed by atoms with Gasteiger partial charge in [-0.2, -0.15) is 0 Å². The summed E-state index contributed by atoms with van der Waals surface area (Å²) in [5, 5.41) is 0.